The maximum atomic E-state index is 0. The summed E-state index contributed by atoms with van der Waals surface area (Å²) in [5, 5.41) is 0. The van der Waals surface area contributed by atoms with Crippen LogP contribution in [0.1, 0.15) is 0 Å². The van der Waals surface area contributed by atoms with Crippen LogP contribution >= 0.6 is 0 Å². The molecule has 0 rings (SSSR count). The van der Waals surface area contributed by atoms with E-state index in [1.54, 1.807) is 0 Å². The molecule has 0 aromatic carbocycles. The maximum absolute atomic E-state index is 0. The van der Waals surface area contributed by atoms with Crippen LogP contribution in [0.3, 0.4) is 0 Å². The van der Waals surface area contributed by atoms with Crippen LogP contribution < -0.4 is 0 Å². The van der Waals surface area contributed by atoms with E-state index in [1.165, 1.54) is 0 Å². The Hall–Kier alpha value is 2.53. The molecule has 0 amide bonds. The van der Waals surface area contributed by atoms with Crippen LogP contribution in [0.25, 0.3) is 0 Å². The molecule has 6 heteroatoms. The summed E-state index contributed by atoms with van der Waals surface area (Å²) in [5.41, 5.74) is 0. The Balaban J connectivity index is 0. The molecule has 0 radical (unpaired) electrons. The molecule has 0 aliphatic rings. The van der Waals surface area contributed by atoms with Crippen molar-refractivity contribution in [3.8, 4) is 0 Å². The first-order valence-corrected chi connectivity index (χ1v) is 0. The Morgan fingerprint density at radius 2 is 0.333 bits per heavy atom. The molecule has 0 spiro atoms. The molecule has 0 saturated heterocycles. The van der Waals surface area contributed by atoms with Crippen molar-refractivity contribution in [2.75, 3.05) is 0 Å². The van der Waals surface area contributed by atoms with Crippen LogP contribution in [0.15, 0.2) is 0 Å². The van der Waals surface area contributed by atoms with Gasteiger partial charge in [0.2, 0.25) is 0 Å². The van der Waals surface area contributed by atoms with Crippen molar-refractivity contribution < 1.29 is 16.4 Å². The fourth-order valence-electron chi connectivity index (χ4n) is 0. The SMILES string of the molecule is O.O.O.[BiH3].[BiH3].[BiH3]. The van der Waals surface area contributed by atoms with Crippen molar-refractivity contribution in [2.45, 2.75) is 0 Å². The van der Waals surface area contributed by atoms with Crippen LogP contribution in [-0.4, -0.2) is 95.0 Å². The fraction of sp³-hybridized carbons (Fsp3) is 0. The first-order chi connectivity index (χ1) is 0. The summed E-state index contributed by atoms with van der Waals surface area (Å²) in [7, 11) is 0. The Kier molecular flexibility index (Phi) is 632. The molecular formula is H15Bi3O3. The average molecular weight is 690 g/mol. The molecule has 0 atom stereocenters. The zero-order valence-corrected chi connectivity index (χ0v) is 20.1. The average Bonchev–Trinajstić information content (AvgIpc) is 0. The minimum atomic E-state index is 0. The summed E-state index contributed by atoms with van der Waals surface area (Å²) in [5.74, 6) is 0. The van der Waals surface area contributed by atoms with Gasteiger partial charge in [0.1, 0.15) is 0 Å². The normalized spacial score (nSPS) is 0. The van der Waals surface area contributed by atoms with E-state index in [4.69, 9.17) is 0 Å². The third-order valence-electron chi connectivity index (χ3n) is 0. The van der Waals surface area contributed by atoms with Gasteiger partial charge in [-0.05, 0) is 0 Å². The van der Waals surface area contributed by atoms with Crippen molar-refractivity contribution in [3.63, 3.8) is 0 Å². The molecule has 6 N–H and O–H groups in total. The van der Waals surface area contributed by atoms with E-state index in [1.807, 2.05) is 0 Å². The monoisotopic (exact) mass is 690 g/mol. The second-order valence-corrected chi connectivity index (χ2v) is 0. The Bertz CT molecular complexity index is 6.00. The topological polar surface area (TPSA) is 94.5 Å². The van der Waals surface area contributed by atoms with Gasteiger partial charge in [0, 0.05) is 0 Å². The molecule has 0 unspecified atom stereocenters. The van der Waals surface area contributed by atoms with Gasteiger partial charge in [0.05, 0.1) is 0 Å². The van der Waals surface area contributed by atoms with E-state index in [9.17, 15) is 0 Å². The predicted molar refractivity (Wildman–Crippen MR) is 40.7 cm³/mol. The van der Waals surface area contributed by atoms with E-state index in [0.717, 1.165) is 0 Å². The third-order valence-corrected chi connectivity index (χ3v) is 0. The first-order valence-electron chi connectivity index (χ1n) is 0. The molecule has 0 aliphatic heterocycles. The van der Waals surface area contributed by atoms with E-state index in [0.29, 0.717) is 0 Å². The van der Waals surface area contributed by atoms with Gasteiger partial charge >= 0.3 is 78.6 Å². The van der Waals surface area contributed by atoms with Gasteiger partial charge < -0.3 is 16.4 Å². The first kappa shape index (κ1) is 75.6. The predicted octanol–water partition coefficient (Wildman–Crippen LogP) is -6.03. The Labute approximate surface area is 93.6 Å². The fourth-order valence-corrected chi connectivity index (χ4v) is 0. The van der Waals surface area contributed by atoms with Crippen molar-refractivity contribution in [2.24, 2.45) is 0 Å². The summed E-state index contributed by atoms with van der Waals surface area (Å²) in [4.78, 5) is 0. The molecule has 0 aromatic rings. The van der Waals surface area contributed by atoms with Crippen LogP contribution in [0, 0.1) is 0 Å². The third kappa shape index (κ3) is 31.2. The van der Waals surface area contributed by atoms with Gasteiger partial charge in [0.15, 0.2) is 0 Å². The summed E-state index contributed by atoms with van der Waals surface area (Å²) >= 11 is 0. The Morgan fingerprint density at radius 1 is 0.333 bits per heavy atom. The standard InChI is InChI=1S/3Bi.3H2O.9H/h;;;3*1H2;;;;;;;;;. The molecule has 3 nitrogen and oxygen atoms in total. The van der Waals surface area contributed by atoms with Gasteiger partial charge in [-0.3, -0.25) is 0 Å². The molecule has 48 valence electrons. The Morgan fingerprint density at radius 3 is 0.333 bits per heavy atom. The van der Waals surface area contributed by atoms with E-state index < -0.39 is 0 Å². The molecule has 0 bridgehead atoms. The molecule has 0 aromatic heterocycles. The minimum absolute atomic E-state index is 0. The van der Waals surface area contributed by atoms with Gasteiger partial charge in [-0.2, -0.15) is 0 Å². The van der Waals surface area contributed by atoms with Crippen molar-refractivity contribution in [3.05, 3.63) is 0 Å². The van der Waals surface area contributed by atoms with Crippen molar-refractivity contribution in [1.82, 2.24) is 0 Å². The molecule has 0 saturated carbocycles. The second-order valence-electron chi connectivity index (χ2n) is 0. The van der Waals surface area contributed by atoms with E-state index in [-0.39, 0.29) is 95.0 Å². The quantitative estimate of drug-likeness (QED) is 0.227. The van der Waals surface area contributed by atoms with E-state index in [2.05, 4.69) is 0 Å². The zero-order chi connectivity index (χ0) is 0. The molecular weight excluding hydrogens is 675 g/mol. The van der Waals surface area contributed by atoms with Crippen LogP contribution in [0.2, 0.25) is 0 Å². The molecule has 0 fully saturated rings. The number of rotatable bonds is 0. The van der Waals surface area contributed by atoms with Gasteiger partial charge in [-0.15, -0.1) is 0 Å². The number of hydrogen-bond donors (Lipinski definition) is 0. The summed E-state index contributed by atoms with van der Waals surface area (Å²) in [6, 6.07) is 0. The molecule has 0 heterocycles. The van der Waals surface area contributed by atoms with Crippen LogP contribution in [0.5, 0.6) is 0 Å². The van der Waals surface area contributed by atoms with Gasteiger partial charge in [0.25, 0.3) is 0 Å². The van der Waals surface area contributed by atoms with Crippen LogP contribution in [0.4, 0.5) is 0 Å². The summed E-state index contributed by atoms with van der Waals surface area (Å²) in [6.45, 7) is 0. The van der Waals surface area contributed by atoms with Crippen molar-refractivity contribution in [1.29, 1.82) is 0 Å². The van der Waals surface area contributed by atoms with E-state index >= 15 is 0 Å². The van der Waals surface area contributed by atoms with Gasteiger partial charge in [-0.25, -0.2) is 0 Å². The molecule has 6 heavy (non-hydrogen) atoms. The van der Waals surface area contributed by atoms with Crippen LogP contribution in [-0.2, 0) is 0 Å². The summed E-state index contributed by atoms with van der Waals surface area (Å²) in [6.07, 6.45) is 0. The second kappa shape index (κ2) is 50.2. The zero-order valence-electron chi connectivity index (χ0n) is 3.62. The molecule has 0 aliphatic carbocycles. The van der Waals surface area contributed by atoms with Crippen molar-refractivity contribution >= 4 is 78.6 Å². The van der Waals surface area contributed by atoms with Gasteiger partial charge in [-0.1, -0.05) is 0 Å². The number of hydrogen-bond acceptors (Lipinski definition) is 0. The summed E-state index contributed by atoms with van der Waals surface area (Å²) < 4.78 is 0.